The minimum Gasteiger partial charge on any atom is -0.465 e. The Hall–Kier alpha value is -2.24. The summed E-state index contributed by atoms with van der Waals surface area (Å²) in [5.74, 6) is -0.447. The Morgan fingerprint density at radius 1 is 1.35 bits per heavy atom. The van der Waals surface area contributed by atoms with E-state index in [9.17, 15) is 9.59 Å². The number of esters is 1. The molecule has 0 fully saturated rings. The standard InChI is InChI=1S/C14H21N3O3/c1-9(2)17-13(18)6-7-16-12-5-4-10(8-11(12)15)14(19)20-3/h4-5,8-9,16H,6-7,15H2,1-3H3,(H,17,18). The Morgan fingerprint density at radius 3 is 2.60 bits per heavy atom. The zero-order valence-electron chi connectivity index (χ0n) is 12.0. The van der Waals surface area contributed by atoms with Crippen LogP contribution < -0.4 is 16.4 Å². The maximum absolute atomic E-state index is 11.5. The van der Waals surface area contributed by atoms with Gasteiger partial charge in [0.05, 0.1) is 24.0 Å². The first-order valence-electron chi connectivity index (χ1n) is 6.45. The first-order chi connectivity index (χ1) is 9.43. The van der Waals surface area contributed by atoms with Gasteiger partial charge >= 0.3 is 5.97 Å². The topological polar surface area (TPSA) is 93.4 Å². The number of methoxy groups -OCH3 is 1. The number of hydrogen-bond acceptors (Lipinski definition) is 5. The minimum atomic E-state index is -0.431. The van der Waals surface area contributed by atoms with Crippen molar-refractivity contribution in [1.29, 1.82) is 0 Å². The second kappa shape index (κ2) is 7.37. The van der Waals surface area contributed by atoms with Crippen LogP contribution in [0, 0.1) is 0 Å². The number of nitrogens with one attached hydrogen (secondary N) is 2. The number of nitrogens with two attached hydrogens (primary N) is 1. The second-order valence-corrected chi connectivity index (χ2v) is 4.69. The molecule has 0 spiro atoms. The zero-order valence-corrected chi connectivity index (χ0v) is 12.0. The summed E-state index contributed by atoms with van der Waals surface area (Å²) < 4.78 is 4.61. The molecule has 0 aliphatic carbocycles. The van der Waals surface area contributed by atoms with Gasteiger partial charge in [-0.3, -0.25) is 4.79 Å². The molecule has 0 radical (unpaired) electrons. The fraction of sp³-hybridized carbons (Fsp3) is 0.429. The Kier molecular flexibility index (Phi) is 5.83. The molecule has 1 amide bonds. The predicted octanol–water partition coefficient (Wildman–Crippen LogP) is 1.38. The molecule has 0 atom stereocenters. The number of benzene rings is 1. The van der Waals surface area contributed by atoms with Gasteiger partial charge in [0.15, 0.2) is 0 Å². The molecule has 0 bridgehead atoms. The van der Waals surface area contributed by atoms with E-state index in [2.05, 4.69) is 15.4 Å². The third-order valence-electron chi connectivity index (χ3n) is 2.59. The predicted molar refractivity (Wildman–Crippen MR) is 78.6 cm³/mol. The summed E-state index contributed by atoms with van der Waals surface area (Å²) >= 11 is 0. The molecule has 0 aromatic heterocycles. The largest absolute Gasteiger partial charge is 0.465 e. The van der Waals surface area contributed by atoms with Gasteiger partial charge in [-0.1, -0.05) is 0 Å². The molecule has 6 heteroatoms. The first-order valence-corrected chi connectivity index (χ1v) is 6.45. The molecule has 0 saturated carbocycles. The number of hydrogen-bond donors (Lipinski definition) is 3. The van der Waals surface area contributed by atoms with Crippen molar-refractivity contribution in [2.75, 3.05) is 24.7 Å². The minimum absolute atomic E-state index is 0.0164. The van der Waals surface area contributed by atoms with E-state index in [1.165, 1.54) is 7.11 Å². The fourth-order valence-corrected chi connectivity index (χ4v) is 1.67. The molecule has 0 saturated heterocycles. The van der Waals surface area contributed by atoms with Crippen molar-refractivity contribution in [1.82, 2.24) is 5.32 Å². The summed E-state index contributed by atoms with van der Waals surface area (Å²) in [6.45, 7) is 4.30. The van der Waals surface area contributed by atoms with Crippen molar-refractivity contribution in [3.05, 3.63) is 23.8 Å². The summed E-state index contributed by atoms with van der Waals surface area (Å²) in [5, 5.41) is 5.87. The summed E-state index contributed by atoms with van der Waals surface area (Å²) in [5.41, 5.74) is 7.37. The molecule has 0 unspecified atom stereocenters. The van der Waals surface area contributed by atoms with Gasteiger partial charge in [0.1, 0.15) is 0 Å². The highest BCUT2D eigenvalue weighted by Crippen LogP contribution is 2.20. The van der Waals surface area contributed by atoms with Crippen LogP contribution in [0.2, 0.25) is 0 Å². The fourth-order valence-electron chi connectivity index (χ4n) is 1.67. The molecule has 0 aliphatic rings. The van der Waals surface area contributed by atoms with Crippen LogP contribution in [0.4, 0.5) is 11.4 Å². The van der Waals surface area contributed by atoms with Crippen LogP contribution in [-0.4, -0.2) is 31.6 Å². The highest BCUT2D eigenvalue weighted by atomic mass is 16.5. The number of ether oxygens (including phenoxy) is 1. The van der Waals surface area contributed by atoms with E-state index in [0.717, 1.165) is 0 Å². The van der Waals surface area contributed by atoms with Crippen molar-refractivity contribution in [3.8, 4) is 0 Å². The van der Waals surface area contributed by atoms with E-state index in [1.54, 1.807) is 18.2 Å². The van der Waals surface area contributed by atoms with E-state index < -0.39 is 5.97 Å². The number of rotatable bonds is 6. The number of amides is 1. The van der Waals surface area contributed by atoms with E-state index in [1.807, 2.05) is 13.8 Å². The molecule has 4 N–H and O–H groups in total. The number of nitrogen functional groups attached to an aromatic ring is 1. The van der Waals surface area contributed by atoms with Crippen LogP contribution >= 0.6 is 0 Å². The first kappa shape index (κ1) is 15.8. The van der Waals surface area contributed by atoms with Crippen LogP contribution in [0.15, 0.2) is 18.2 Å². The molecule has 0 aliphatic heterocycles. The highest BCUT2D eigenvalue weighted by Gasteiger charge is 2.08. The average molecular weight is 279 g/mol. The van der Waals surface area contributed by atoms with Gasteiger partial charge < -0.3 is 21.1 Å². The van der Waals surface area contributed by atoms with Gasteiger partial charge in [-0.15, -0.1) is 0 Å². The van der Waals surface area contributed by atoms with Crippen molar-refractivity contribution >= 4 is 23.3 Å². The number of anilines is 2. The Labute approximate surface area is 118 Å². The summed E-state index contributed by atoms with van der Waals surface area (Å²) in [6.07, 6.45) is 0.358. The molecule has 110 valence electrons. The van der Waals surface area contributed by atoms with E-state index in [4.69, 9.17) is 5.73 Å². The highest BCUT2D eigenvalue weighted by molar-refractivity contribution is 5.91. The van der Waals surface area contributed by atoms with Gasteiger partial charge in [-0.2, -0.15) is 0 Å². The monoisotopic (exact) mass is 279 g/mol. The van der Waals surface area contributed by atoms with E-state index in [-0.39, 0.29) is 11.9 Å². The van der Waals surface area contributed by atoms with E-state index >= 15 is 0 Å². The quantitative estimate of drug-likeness (QED) is 0.540. The SMILES string of the molecule is COC(=O)c1ccc(NCCC(=O)NC(C)C)c(N)c1. The maximum Gasteiger partial charge on any atom is 0.337 e. The normalized spacial score (nSPS) is 10.2. The molecule has 1 aromatic rings. The van der Waals surface area contributed by atoms with E-state index in [0.29, 0.717) is 29.9 Å². The molecule has 1 rings (SSSR count). The van der Waals surface area contributed by atoms with Crippen LogP contribution in [0.3, 0.4) is 0 Å². The maximum atomic E-state index is 11.5. The average Bonchev–Trinajstić information content (AvgIpc) is 2.38. The Balaban J connectivity index is 2.53. The van der Waals surface area contributed by atoms with Gasteiger partial charge in [-0.05, 0) is 32.0 Å². The van der Waals surface area contributed by atoms with Crippen LogP contribution in [0.25, 0.3) is 0 Å². The zero-order chi connectivity index (χ0) is 15.1. The van der Waals surface area contributed by atoms with Gasteiger partial charge in [0.2, 0.25) is 5.91 Å². The van der Waals surface area contributed by atoms with Crippen LogP contribution in [-0.2, 0) is 9.53 Å². The van der Waals surface area contributed by atoms with Gasteiger partial charge in [-0.25, -0.2) is 4.79 Å². The van der Waals surface area contributed by atoms with Crippen molar-refractivity contribution < 1.29 is 14.3 Å². The summed E-state index contributed by atoms with van der Waals surface area (Å²) in [4.78, 5) is 22.8. The molecule has 1 aromatic carbocycles. The number of carbonyl (C=O) groups is 2. The second-order valence-electron chi connectivity index (χ2n) is 4.69. The third-order valence-corrected chi connectivity index (χ3v) is 2.59. The molecule has 20 heavy (non-hydrogen) atoms. The van der Waals surface area contributed by atoms with Crippen molar-refractivity contribution in [3.63, 3.8) is 0 Å². The Bertz CT molecular complexity index is 487. The van der Waals surface area contributed by atoms with Crippen molar-refractivity contribution in [2.24, 2.45) is 0 Å². The lowest BCUT2D eigenvalue weighted by Crippen LogP contribution is -2.31. The lowest BCUT2D eigenvalue weighted by Gasteiger charge is -2.11. The van der Waals surface area contributed by atoms with Gasteiger partial charge in [0, 0.05) is 19.0 Å². The van der Waals surface area contributed by atoms with Crippen molar-refractivity contribution in [2.45, 2.75) is 26.3 Å². The summed E-state index contributed by atoms with van der Waals surface area (Å²) in [7, 11) is 1.32. The third kappa shape index (κ3) is 4.79. The van der Waals surface area contributed by atoms with Gasteiger partial charge in [0.25, 0.3) is 0 Å². The molecular formula is C14H21N3O3. The Morgan fingerprint density at radius 2 is 2.05 bits per heavy atom. The molecular weight excluding hydrogens is 258 g/mol. The lowest BCUT2D eigenvalue weighted by atomic mass is 10.1. The molecule has 6 nitrogen and oxygen atoms in total. The number of carbonyl (C=O) groups excluding carboxylic acids is 2. The summed E-state index contributed by atoms with van der Waals surface area (Å²) in [6, 6.07) is 5.00. The smallest absolute Gasteiger partial charge is 0.337 e. The van der Waals surface area contributed by atoms with Crippen LogP contribution in [0.1, 0.15) is 30.6 Å². The lowest BCUT2D eigenvalue weighted by molar-refractivity contribution is -0.121. The molecule has 0 heterocycles. The van der Waals surface area contributed by atoms with Crippen LogP contribution in [0.5, 0.6) is 0 Å².